The normalized spacial score (nSPS) is 10.7. The third-order valence-corrected chi connectivity index (χ3v) is 3.65. The lowest BCUT2D eigenvalue weighted by molar-refractivity contribution is 0.0697. The molecule has 5 nitrogen and oxygen atoms in total. The van der Waals surface area contributed by atoms with E-state index < -0.39 is 5.97 Å². The Bertz CT molecular complexity index is 878. The first-order chi connectivity index (χ1) is 10.0. The average molecular weight is 365 g/mol. The maximum Gasteiger partial charge on any atom is 0.335 e. The molecule has 0 radical (unpaired) electrons. The summed E-state index contributed by atoms with van der Waals surface area (Å²) in [6.07, 6.45) is 1.77. The van der Waals surface area contributed by atoms with Gasteiger partial charge in [-0.05, 0) is 58.5 Å². The highest BCUT2D eigenvalue weighted by Gasteiger charge is 2.10. The summed E-state index contributed by atoms with van der Waals surface area (Å²) in [6, 6.07) is 10.2. The van der Waals surface area contributed by atoms with Crippen LogP contribution in [0.25, 0.3) is 17.1 Å². The third-order valence-electron chi connectivity index (χ3n) is 2.93. The first kappa shape index (κ1) is 13.8. The van der Waals surface area contributed by atoms with Crippen molar-refractivity contribution < 1.29 is 14.3 Å². The molecular weight excluding hydrogens is 356 g/mol. The molecule has 2 heterocycles. The first-order valence-corrected chi connectivity index (χ1v) is 7.16. The molecule has 0 spiro atoms. The Morgan fingerprint density at radius 3 is 2.81 bits per heavy atom. The van der Waals surface area contributed by atoms with Crippen LogP contribution in [0.15, 0.2) is 51.7 Å². The zero-order valence-corrected chi connectivity index (χ0v) is 12.9. The highest BCUT2D eigenvalue weighted by molar-refractivity contribution is 9.10. The van der Waals surface area contributed by atoms with E-state index in [0.717, 1.165) is 0 Å². The van der Waals surface area contributed by atoms with Crippen LogP contribution in [0.5, 0.6) is 0 Å². The van der Waals surface area contributed by atoms with Crippen LogP contribution in [0.3, 0.4) is 0 Å². The summed E-state index contributed by atoms with van der Waals surface area (Å²) in [4.78, 5) is 14.1. The number of hydrogen-bond acceptors (Lipinski definition) is 3. The van der Waals surface area contributed by atoms with Gasteiger partial charge in [0.2, 0.25) is 0 Å². The number of H-pyrrole nitrogens is 1. The molecule has 0 unspecified atom stereocenters. The number of carboxylic acids is 1. The number of nitrogens with one attached hydrogen (secondary N) is 1. The van der Waals surface area contributed by atoms with Gasteiger partial charge < -0.3 is 14.5 Å². The van der Waals surface area contributed by atoms with Crippen molar-refractivity contribution >= 4 is 34.1 Å². The Labute approximate surface area is 133 Å². The van der Waals surface area contributed by atoms with Crippen molar-refractivity contribution in [3.63, 3.8) is 0 Å². The number of imidazole rings is 1. The van der Waals surface area contributed by atoms with Crippen LogP contribution in [0.4, 0.5) is 0 Å². The van der Waals surface area contributed by atoms with E-state index in [2.05, 4.69) is 20.9 Å². The van der Waals surface area contributed by atoms with Crippen LogP contribution in [-0.4, -0.2) is 20.6 Å². The molecule has 1 aromatic carbocycles. The second-order valence-corrected chi connectivity index (χ2v) is 5.47. The smallest absolute Gasteiger partial charge is 0.335 e. The van der Waals surface area contributed by atoms with Crippen LogP contribution in [0, 0.1) is 4.77 Å². The van der Waals surface area contributed by atoms with Crippen LogP contribution >= 0.6 is 28.1 Å². The lowest BCUT2D eigenvalue weighted by atomic mass is 10.2. The van der Waals surface area contributed by atoms with Gasteiger partial charge in [0.05, 0.1) is 5.56 Å². The fourth-order valence-corrected chi connectivity index (χ4v) is 2.53. The summed E-state index contributed by atoms with van der Waals surface area (Å²) in [7, 11) is 0. The van der Waals surface area contributed by atoms with Crippen molar-refractivity contribution in [2.75, 3.05) is 0 Å². The minimum absolute atomic E-state index is 0.206. The van der Waals surface area contributed by atoms with Crippen molar-refractivity contribution in [3.05, 3.63) is 57.6 Å². The van der Waals surface area contributed by atoms with E-state index in [1.54, 1.807) is 35.0 Å². The van der Waals surface area contributed by atoms with Crippen molar-refractivity contribution in [3.8, 4) is 17.1 Å². The van der Waals surface area contributed by atoms with Gasteiger partial charge in [0.25, 0.3) is 0 Å². The number of halogens is 1. The molecule has 106 valence electrons. The molecule has 0 bridgehead atoms. The third kappa shape index (κ3) is 2.70. The monoisotopic (exact) mass is 364 g/mol. The van der Waals surface area contributed by atoms with Gasteiger partial charge in [0.1, 0.15) is 5.69 Å². The zero-order chi connectivity index (χ0) is 15.0. The van der Waals surface area contributed by atoms with Crippen molar-refractivity contribution in [2.24, 2.45) is 0 Å². The summed E-state index contributed by atoms with van der Waals surface area (Å²) in [5, 5.41) is 9.05. The summed E-state index contributed by atoms with van der Waals surface area (Å²) in [5.41, 5.74) is 1.59. The van der Waals surface area contributed by atoms with Gasteiger partial charge in [0, 0.05) is 11.9 Å². The van der Waals surface area contributed by atoms with Gasteiger partial charge >= 0.3 is 5.97 Å². The van der Waals surface area contributed by atoms with E-state index in [-0.39, 0.29) is 5.56 Å². The number of aromatic carboxylic acids is 1. The van der Waals surface area contributed by atoms with Gasteiger partial charge in [-0.15, -0.1) is 0 Å². The largest absolute Gasteiger partial charge is 0.478 e. The van der Waals surface area contributed by atoms with Crippen LogP contribution < -0.4 is 0 Å². The molecule has 0 aliphatic rings. The Kier molecular flexibility index (Phi) is 3.52. The number of carboxylic acid groups (broad SMARTS) is 1. The predicted molar refractivity (Wildman–Crippen MR) is 83.3 cm³/mol. The fourth-order valence-electron chi connectivity index (χ4n) is 1.96. The molecular formula is C14H9BrN2O3S. The van der Waals surface area contributed by atoms with Gasteiger partial charge in [-0.25, -0.2) is 4.79 Å². The first-order valence-electron chi connectivity index (χ1n) is 5.96. The van der Waals surface area contributed by atoms with E-state index in [1.165, 1.54) is 6.07 Å². The topological polar surface area (TPSA) is 71.2 Å². The molecule has 0 aliphatic carbocycles. The standard InChI is InChI=1S/C14H9BrN2O3S/c15-12-5-4-11(20-12)10-7-17(14(21)16-10)9-3-1-2-8(6-9)13(18)19/h1-7H,(H,16,21)(H,18,19). The van der Waals surface area contributed by atoms with Crippen molar-refractivity contribution in [1.82, 2.24) is 9.55 Å². The fraction of sp³-hybridized carbons (Fsp3) is 0. The van der Waals surface area contributed by atoms with Gasteiger partial charge in [-0.2, -0.15) is 0 Å². The number of aromatic nitrogens is 2. The van der Waals surface area contributed by atoms with Gasteiger partial charge in [-0.1, -0.05) is 6.07 Å². The molecule has 2 N–H and O–H groups in total. The minimum atomic E-state index is -0.978. The number of benzene rings is 1. The molecule has 0 amide bonds. The predicted octanol–water partition coefficient (Wildman–Crippen LogP) is 4.26. The summed E-state index contributed by atoms with van der Waals surface area (Å²) >= 11 is 8.52. The zero-order valence-electron chi connectivity index (χ0n) is 10.5. The molecule has 2 aromatic heterocycles. The van der Waals surface area contributed by atoms with Crippen LogP contribution in [0.1, 0.15) is 10.4 Å². The Balaban J connectivity index is 2.08. The van der Waals surface area contributed by atoms with Crippen LogP contribution in [-0.2, 0) is 0 Å². The Morgan fingerprint density at radius 2 is 2.14 bits per heavy atom. The Morgan fingerprint density at radius 1 is 1.33 bits per heavy atom. The highest BCUT2D eigenvalue weighted by Crippen LogP contribution is 2.25. The van der Waals surface area contributed by atoms with E-state index in [4.69, 9.17) is 21.7 Å². The van der Waals surface area contributed by atoms with Crippen molar-refractivity contribution in [1.29, 1.82) is 0 Å². The molecule has 0 saturated heterocycles. The van der Waals surface area contributed by atoms with Crippen molar-refractivity contribution in [2.45, 2.75) is 0 Å². The van der Waals surface area contributed by atoms with Crippen LogP contribution in [0.2, 0.25) is 0 Å². The van der Waals surface area contributed by atoms with Gasteiger partial charge in [0.15, 0.2) is 15.2 Å². The van der Waals surface area contributed by atoms with E-state index in [9.17, 15) is 4.79 Å². The quantitative estimate of drug-likeness (QED) is 0.681. The second-order valence-electron chi connectivity index (χ2n) is 4.30. The molecule has 3 rings (SSSR count). The number of furan rings is 1. The summed E-state index contributed by atoms with van der Waals surface area (Å²) in [5.74, 6) is -0.338. The summed E-state index contributed by atoms with van der Waals surface area (Å²) < 4.78 is 8.25. The van der Waals surface area contributed by atoms with E-state index in [0.29, 0.717) is 26.6 Å². The molecule has 7 heteroatoms. The SMILES string of the molecule is O=C(O)c1cccc(-n2cc(-c3ccc(Br)o3)[nH]c2=S)c1. The van der Waals surface area contributed by atoms with E-state index >= 15 is 0 Å². The molecule has 0 fully saturated rings. The second kappa shape index (κ2) is 5.34. The minimum Gasteiger partial charge on any atom is -0.478 e. The maximum atomic E-state index is 11.0. The molecule has 0 saturated carbocycles. The number of aromatic amines is 1. The molecule has 0 aliphatic heterocycles. The molecule has 0 atom stereocenters. The molecule has 21 heavy (non-hydrogen) atoms. The number of carbonyl (C=O) groups is 1. The molecule has 3 aromatic rings. The van der Waals surface area contributed by atoms with E-state index in [1.807, 2.05) is 6.07 Å². The number of rotatable bonds is 3. The Hall–Kier alpha value is -2.12. The summed E-state index contributed by atoms with van der Waals surface area (Å²) in [6.45, 7) is 0. The van der Waals surface area contributed by atoms with Gasteiger partial charge in [-0.3, -0.25) is 4.57 Å². The number of hydrogen-bond donors (Lipinski definition) is 2. The maximum absolute atomic E-state index is 11.0. The lowest BCUT2D eigenvalue weighted by Gasteiger charge is -2.03. The number of nitrogens with zero attached hydrogens (tertiary/aromatic N) is 1. The lowest BCUT2D eigenvalue weighted by Crippen LogP contribution is -1.99. The average Bonchev–Trinajstić information content (AvgIpc) is 3.05. The highest BCUT2D eigenvalue weighted by atomic mass is 79.9.